The maximum atomic E-state index is 12.1. The van der Waals surface area contributed by atoms with Crippen molar-refractivity contribution in [1.82, 2.24) is 14.9 Å². The van der Waals surface area contributed by atoms with E-state index < -0.39 is 5.54 Å². The Morgan fingerprint density at radius 1 is 1.29 bits per heavy atom. The Hall–Kier alpha value is -1.49. The third-order valence-electron chi connectivity index (χ3n) is 4.24. The molecule has 0 radical (unpaired) electrons. The molecule has 0 N–H and O–H groups in total. The van der Waals surface area contributed by atoms with Crippen LogP contribution < -0.4 is 0 Å². The molecule has 0 bridgehead atoms. The number of hydrogen-bond acceptors (Lipinski definition) is 5. The van der Waals surface area contributed by atoms with Gasteiger partial charge in [-0.05, 0) is 46.7 Å². The predicted octanol–water partition coefficient (Wildman–Crippen LogP) is 2.44. The Morgan fingerprint density at radius 2 is 1.95 bits per heavy atom. The zero-order valence-corrected chi connectivity index (χ0v) is 13.3. The van der Waals surface area contributed by atoms with Crippen LogP contribution in [0.25, 0.3) is 0 Å². The average molecular weight is 291 g/mol. The Morgan fingerprint density at radius 3 is 2.57 bits per heavy atom. The molecular formula is C16H25N3O2. The molecule has 21 heavy (non-hydrogen) atoms. The maximum Gasteiger partial charge on any atom is 0.308 e. The van der Waals surface area contributed by atoms with Crippen LogP contribution in [0.2, 0.25) is 0 Å². The van der Waals surface area contributed by atoms with Gasteiger partial charge >= 0.3 is 5.97 Å². The monoisotopic (exact) mass is 291 g/mol. The van der Waals surface area contributed by atoms with Crippen molar-refractivity contribution in [3.63, 3.8) is 0 Å². The van der Waals surface area contributed by atoms with Gasteiger partial charge in [0.2, 0.25) is 0 Å². The lowest BCUT2D eigenvalue weighted by molar-refractivity contribution is -0.147. The Kier molecular flexibility index (Phi) is 5.28. The molecule has 0 aromatic carbocycles. The summed E-state index contributed by atoms with van der Waals surface area (Å²) in [7, 11) is 0. The minimum atomic E-state index is -0.439. The zero-order chi connectivity index (χ0) is 15.3. The smallest absolute Gasteiger partial charge is 0.308 e. The van der Waals surface area contributed by atoms with Gasteiger partial charge in [0, 0.05) is 12.4 Å². The standard InChI is InChI=1S/C16H25N3O2/c1-4-21-14(20)12-16(3,19-10-6-5-7-11-19)15-13(2)17-8-9-18-15/h8-9H,4-7,10-12H2,1-3H3. The fourth-order valence-electron chi connectivity index (χ4n) is 3.16. The minimum Gasteiger partial charge on any atom is -0.466 e. The summed E-state index contributed by atoms with van der Waals surface area (Å²) in [6, 6.07) is 0. The molecule has 0 aliphatic carbocycles. The van der Waals surface area contributed by atoms with Gasteiger partial charge in [0.25, 0.3) is 0 Å². The number of aryl methyl sites for hydroxylation is 1. The highest BCUT2D eigenvalue weighted by molar-refractivity contribution is 5.71. The summed E-state index contributed by atoms with van der Waals surface area (Å²) in [6.07, 6.45) is 7.30. The molecule has 5 nitrogen and oxygen atoms in total. The summed E-state index contributed by atoms with van der Waals surface area (Å²) in [5.74, 6) is -0.171. The maximum absolute atomic E-state index is 12.1. The third kappa shape index (κ3) is 3.59. The van der Waals surface area contributed by atoms with Crippen LogP contribution in [-0.4, -0.2) is 40.5 Å². The van der Waals surface area contributed by atoms with Crippen LogP contribution >= 0.6 is 0 Å². The lowest BCUT2D eigenvalue weighted by Crippen LogP contribution is -2.49. The molecule has 1 saturated heterocycles. The van der Waals surface area contributed by atoms with Gasteiger partial charge in [-0.2, -0.15) is 0 Å². The van der Waals surface area contributed by atoms with E-state index in [2.05, 4.69) is 21.8 Å². The van der Waals surface area contributed by atoms with Crippen molar-refractivity contribution in [3.05, 3.63) is 23.8 Å². The highest BCUT2D eigenvalue weighted by atomic mass is 16.5. The summed E-state index contributed by atoms with van der Waals surface area (Å²) >= 11 is 0. The van der Waals surface area contributed by atoms with E-state index in [4.69, 9.17) is 4.74 Å². The first kappa shape index (κ1) is 15.9. The molecule has 2 heterocycles. The van der Waals surface area contributed by atoms with Crippen LogP contribution in [0, 0.1) is 6.92 Å². The van der Waals surface area contributed by atoms with Gasteiger partial charge in [-0.25, -0.2) is 0 Å². The van der Waals surface area contributed by atoms with Crippen molar-refractivity contribution in [2.45, 2.75) is 52.0 Å². The summed E-state index contributed by atoms with van der Waals surface area (Å²) < 4.78 is 5.18. The van der Waals surface area contributed by atoms with E-state index >= 15 is 0 Å². The van der Waals surface area contributed by atoms with Crippen molar-refractivity contribution in [3.8, 4) is 0 Å². The molecule has 0 spiro atoms. The highest BCUT2D eigenvalue weighted by Crippen LogP contribution is 2.34. The number of aromatic nitrogens is 2. The average Bonchev–Trinajstić information content (AvgIpc) is 2.48. The van der Waals surface area contributed by atoms with Crippen molar-refractivity contribution in [2.24, 2.45) is 0 Å². The van der Waals surface area contributed by atoms with Gasteiger partial charge < -0.3 is 4.74 Å². The number of esters is 1. The van der Waals surface area contributed by atoms with Crippen molar-refractivity contribution in [1.29, 1.82) is 0 Å². The molecule has 1 aliphatic heterocycles. The quantitative estimate of drug-likeness (QED) is 0.780. The Balaban J connectivity index is 2.33. The Bertz CT molecular complexity index is 486. The van der Waals surface area contributed by atoms with E-state index in [1.165, 1.54) is 6.42 Å². The summed E-state index contributed by atoms with van der Waals surface area (Å²) in [4.78, 5) is 23.3. The minimum absolute atomic E-state index is 0.171. The largest absolute Gasteiger partial charge is 0.466 e. The molecule has 5 heteroatoms. The molecule has 1 atom stereocenters. The molecule has 1 unspecified atom stereocenters. The van der Waals surface area contributed by atoms with Gasteiger partial charge in [-0.1, -0.05) is 6.42 Å². The van der Waals surface area contributed by atoms with Gasteiger partial charge in [0.15, 0.2) is 0 Å². The SMILES string of the molecule is CCOC(=O)CC(C)(c1nccnc1C)N1CCCCC1. The molecule has 1 aromatic rings. The molecule has 0 amide bonds. The van der Waals surface area contributed by atoms with Crippen molar-refractivity contribution in [2.75, 3.05) is 19.7 Å². The van der Waals surface area contributed by atoms with Gasteiger partial charge in [0.05, 0.1) is 30.0 Å². The van der Waals surface area contributed by atoms with Gasteiger partial charge in [0.1, 0.15) is 0 Å². The van der Waals surface area contributed by atoms with Crippen LogP contribution in [0.1, 0.15) is 50.9 Å². The lowest BCUT2D eigenvalue weighted by atomic mass is 9.87. The van der Waals surface area contributed by atoms with Crippen molar-refractivity contribution >= 4 is 5.97 Å². The predicted molar refractivity (Wildman–Crippen MR) is 80.8 cm³/mol. The second-order valence-electron chi connectivity index (χ2n) is 5.79. The summed E-state index contributed by atoms with van der Waals surface area (Å²) in [5, 5.41) is 0. The van der Waals surface area contributed by atoms with Crippen LogP contribution in [0.4, 0.5) is 0 Å². The number of carbonyl (C=O) groups is 1. The number of nitrogens with zero attached hydrogens (tertiary/aromatic N) is 3. The molecule has 1 aliphatic rings. The lowest BCUT2D eigenvalue weighted by Gasteiger charge is -2.42. The third-order valence-corrected chi connectivity index (χ3v) is 4.24. The van der Waals surface area contributed by atoms with Crippen LogP contribution in [-0.2, 0) is 15.1 Å². The molecule has 2 rings (SSSR count). The first-order valence-electron chi connectivity index (χ1n) is 7.76. The van der Waals surface area contributed by atoms with Crippen LogP contribution in [0.5, 0.6) is 0 Å². The first-order chi connectivity index (χ1) is 10.1. The van der Waals surface area contributed by atoms with E-state index in [0.29, 0.717) is 13.0 Å². The van der Waals surface area contributed by atoms with E-state index in [1.54, 1.807) is 12.4 Å². The van der Waals surface area contributed by atoms with Crippen molar-refractivity contribution < 1.29 is 9.53 Å². The summed E-state index contributed by atoms with van der Waals surface area (Å²) in [5.41, 5.74) is 1.33. The molecule has 116 valence electrons. The topological polar surface area (TPSA) is 55.3 Å². The number of carbonyl (C=O) groups excluding carboxylic acids is 1. The Labute approximate surface area is 126 Å². The fourth-order valence-corrected chi connectivity index (χ4v) is 3.16. The normalized spacial score (nSPS) is 19.0. The number of hydrogen-bond donors (Lipinski definition) is 0. The summed E-state index contributed by atoms with van der Waals surface area (Å²) in [6.45, 7) is 8.28. The van der Waals surface area contributed by atoms with E-state index in [9.17, 15) is 4.79 Å². The second-order valence-corrected chi connectivity index (χ2v) is 5.79. The number of ether oxygens (including phenoxy) is 1. The number of piperidine rings is 1. The first-order valence-corrected chi connectivity index (χ1v) is 7.76. The van der Waals surface area contributed by atoms with Gasteiger partial charge in [-0.3, -0.25) is 19.7 Å². The molecular weight excluding hydrogens is 266 g/mol. The van der Waals surface area contributed by atoms with Crippen LogP contribution in [0.3, 0.4) is 0 Å². The molecule has 0 saturated carbocycles. The second kappa shape index (κ2) is 6.98. The van der Waals surface area contributed by atoms with E-state index in [0.717, 1.165) is 37.3 Å². The van der Waals surface area contributed by atoms with Crippen LogP contribution in [0.15, 0.2) is 12.4 Å². The zero-order valence-electron chi connectivity index (χ0n) is 13.3. The van der Waals surface area contributed by atoms with E-state index in [1.807, 2.05) is 13.8 Å². The molecule has 1 fully saturated rings. The molecule has 1 aromatic heterocycles. The number of rotatable bonds is 5. The van der Waals surface area contributed by atoms with Gasteiger partial charge in [-0.15, -0.1) is 0 Å². The number of likely N-dealkylation sites (tertiary alicyclic amines) is 1. The van der Waals surface area contributed by atoms with E-state index in [-0.39, 0.29) is 5.97 Å². The highest BCUT2D eigenvalue weighted by Gasteiger charge is 2.39. The fraction of sp³-hybridized carbons (Fsp3) is 0.688.